The molecule has 6 heteroatoms. The number of hydrogen-bond acceptors (Lipinski definition) is 4. The number of hydrogen-bond donors (Lipinski definition) is 1. The standard InChI is InChI=1S/C13H22N2O3S/c1-9-5-4-6-15(10(9)2)19(16,17)13-7-12(8-14)18-11(13)3/h7,9-10H,4-6,8,14H2,1-3H3. The van der Waals surface area contributed by atoms with Gasteiger partial charge in [0.2, 0.25) is 10.0 Å². The fraction of sp³-hybridized carbons (Fsp3) is 0.692. The Bertz CT molecular complexity index is 550. The molecule has 0 aromatic carbocycles. The minimum atomic E-state index is -3.48. The Hall–Kier alpha value is -0.850. The Balaban J connectivity index is 2.38. The molecule has 2 unspecified atom stereocenters. The summed E-state index contributed by atoms with van der Waals surface area (Å²) < 4.78 is 32.4. The predicted octanol–water partition coefficient (Wildman–Crippen LogP) is 1.86. The van der Waals surface area contributed by atoms with Crippen LogP contribution in [0.5, 0.6) is 0 Å². The van der Waals surface area contributed by atoms with E-state index in [0.29, 0.717) is 24.0 Å². The highest BCUT2D eigenvalue weighted by molar-refractivity contribution is 7.89. The maximum absolute atomic E-state index is 12.7. The van der Waals surface area contributed by atoms with E-state index in [4.69, 9.17) is 10.2 Å². The highest BCUT2D eigenvalue weighted by Crippen LogP contribution is 2.31. The monoisotopic (exact) mass is 286 g/mol. The van der Waals surface area contributed by atoms with Gasteiger partial charge in [0.15, 0.2) is 0 Å². The van der Waals surface area contributed by atoms with Crippen LogP contribution in [0, 0.1) is 12.8 Å². The Kier molecular flexibility index (Phi) is 4.03. The second-order valence-corrected chi connectivity index (χ2v) is 7.17. The maximum Gasteiger partial charge on any atom is 0.246 e. The quantitative estimate of drug-likeness (QED) is 0.920. The van der Waals surface area contributed by atoms with Gasteiger partial charge >= 0.3 is 0 Å². The zero-order valence-electron chi connectivity index (χ0n) is 11.7. The zero-order chi connectivity index (χ0) is 14.2. The Morgan fingerprint density at radius 3 is 2.74 bits per heavy atom. The van der Waals surface area contributed by atoms with Crippen LogP contribution in [-0.4, -0.2) is 25.3 Å². The number of sulfonamides is 1. The summed E-state index contributed by atoms with van der Waals surface area (Å²) >= 11 is 0. The minimum absolute atomic E-state index is 0.0226. The summed E-state index contributed by atoms with van der Waals surface area (Å²) in [5.74, 6) is 1.31. The first kappa shape index (κ1) is 14.6. The van der Waals surface area contributed by atoms with Crippen LogP contribution >= 0.6 is 0 Å². The third kappa shape index (κ3) is 2.57. The van der Waals surface area contributed by atoms with Crippen LogP contribution in [0.1, 0.15) is 38.2 Å². The fourth-order valence-electron chi connectivity index (χ4n) is 2.64. The first-order chi connectivity index (χ1) is 8.87. The summed E-state index contributed by atoms with van der Waals surface area (Å²) in [6, 6.07) is 1.57. The lowest BCUT2D eigenvalue weighted by molar-refractivity contribution is 0.202. The maximum atomic E-state index is 12.7. The summed E-state index contributed by atoms with van der Waals surface area (Å²) in [6.07, 6.45) is 1.98. The molecule has 1 aromatic heterocycles. The lowest BCUT2D eigenvalue weighted by atomic mass is 9.94. The van der Waals surface area contributed by atoms with Gasteiger partial charge in [0.1, 0.15) is 16.4 Å². The number of piperidine rings is 1. The summed E-state index contributed by atoms with van der Waals surface area (Å²) in [5.41, 5.74) is 5.50. The van der Waals surface area contributed by atoms with Gasteiger partial charge in [0.05, 0.1) is 6.54 Å². The van der Waals surface area contributed by atoms with Gasteiger partial charge in [-0.3, -0.25) is 0 Å². The van der Waals surface area contributed by atoms with Crippen molar-refractivity contribution in [1.29, 1.82) is 0 Å². The van der Waals surface area contributed by atoms with Crippen molar-refractivity contribution in [3.8, 4) is 0 Å². The molecule has 1 aliphatic heterocycles. The SMILES string of the molecule is Cc1oc(CN)cc1S(=O)(=O)N1CCCC(C)C1C. The van der Waals surface area contributed by atoms with Crippen molar-refractivity contribution in [1.82, 2.24) is 4.31 Å². The van der Waals surface area contributed by atoms with Gasteiger partial charge in [-0.2, -0.15) is 4.31 Å². The summed E-state index contributed by atoms with van der Waals surface area (Å²) in [5, 5.41) is 0. The largest absolute Gasteiger partial charge is 0.464 e. The third-order valence-corrected chi connectivity index (χ3v) is 6.12. The molecule has 0 bridgehead atoms. The van der Waals surface area contributed by atoms with Crippen molar-refractivity contribution >= 4 is 10.0 Å². The van der Waals surface area contributed by atoms with E-state index in [0.717, 1.165) is 12.8 Å². The lowest BCUT2D eigenvalue weighted by Crippen LogP contribution is -2.45. The molecule has 1 aliphatic rings. The van der Waals surface area contributed by atoms with E-state index in [1.165, 1.54) is 0 Å². The van der Waals surface area contributed by atoms with Gasteiger partial charge in [0, 0.05) is 18.7 Å². The zero-order valence-corrected chi connectivity index (χ0v) is 12.5. The van der Waals surface area contributed by atoms with Gasteiger partial charge in [-0.15, -0.1) is 0 Å². The van der Waals surface area contributed by atoms with Gasteiger partial charge in [0.25, 0.3) is 0 Å². The molecule has 0 amide bonds. The van der Waals surface area contributed by atoms with E-state index < -0.39 is 10.0 Å². The molecule has 2 atom stereocenters. The first-order valence-corrected chi connectivity index (χ1v) is 8.13. The Morgan fingerprint density at radius 1 is 1.47 bits per heavy atom. The molecule has 0 saturated carbocycles. The van der Waals surface area contributed by atoms with Crippen LogP contribution in [0.2, 0.25) is 0 Å². The van der Waals surface area contributed by atoms with Crippen molar-refractivity contribution in [2.45, 2.75) is 51.1 Å². The highest BCUT2D eigenvalue weighted by Gasteiger charge is 2.36. The van der Waals surface area contributed by atoms with E-state index in [1.54, 1.807) is 17.3 Å². The molecule has 1 aromatic rings. The molecule has 1 fully saturated rings. The van der Waals surface area contributed by atoms with Crippen LogP contribution < -0.4 is 5.73 Å². The number of nitrogens with two attached hydrogens (primary N) is 1. The molecule has 108 valence electrons. The third-order valence-electron chi connectivity index (χ3n) is 4.03. The molecule has 5 nitrogen and oxygen atoms in total. The second-order valence-electron chi connectivity index (χ2n) is 5.31. The van der Waals surface area contributed by atoms with Crippen molar-refractivity contribution < 1.29 is 12.8 Å². The smallest absolute Gasteiger partial charge is 0.246 e. The van der Waals surface area contributed by atoms with E-state index in [2.05, 4.69) is 6.92 Å². The van der Waals surface area contributed by atoms with Crippen molar-refractivity contribution in [3.63, 3.8) is 0 Å². The van der Waals surface area contributed by atoms with Crippen molar-refractivity contribution in [3.05, 3.63) is 17.6 Å². The summed E-state index contributed by atoms with van der Waals surface area (Å²) in [7, 11) is -3.48. The highest BCUT2D eigenvalue weighted by atomic mass is 32.2. The van der Waals surface area contributed by atoms with E-state index in [-0.39, 0.29) is 17.5 Å². The fourth-order valence-corrected chi connectivity index (χ4v) is 4.60. The molecule has 2 N–H and O–H groups in total. The number of aryl methyl sites for hydroxylation is 1. The first-order valence-electron chi connectivity index (χ1n) is 6.69. The average molecular weight is 286 g/mol. The van der Waals surface area contributed by atoms with Crippen LogP contribution in [0.15, 0.2) is 15.4 Å². The van der Waals surface area contributed by atoms with Crippen LogP contribution in [0.4, 0.5) is 0 Å². The van der Waals surface area contributed by atoms with Gasteiger partial charge in [-0.05, 0) is 32.6 Å². The molecule has 2 rings (SSSR count). The van der Waals surface area contributed by atoms with Gasteiger partial charge in [-0.25, -0.2) is 8.42 Å². The van der Waals surface area contributed by atoms with Crippen LogP contribution in [-0.2, 0) is 16.6 Å². The van der Waals surface area contributed by atoms with Crippen molar-refractivity contribution in [2.24, 2.45) is 11.7 Å². The summed E-state index contributed by atoms with van der Waals surface area (Å²) in [4.78, 5) is 0.258. The number of rotatable bonds is 3. The van der Waals surface area contributed by atoms with Crippen LogP contribution in [0.25, 0.3) is 0 Å². The summed E-state index contributed by atoms with van der Waals surface area (Å²) in [6.45, 7) is 6.53. The minimum Gasteiger partial charge on any atom is -0.464 e. The lowest BCUT2D eigenvalue weighted by Gasteiger charge is -2.36. The Morgan fingerprint density at radius 2 is 2.16 bits per heavy atom. The van der Waals surface area contributed by atoms with Gasteiger partial charge < -0.3 is 10.2 Å². The number of nitrogens with zero attached hydrogens (tertiary/aromatic N) is 1. The van der Waals surface area contributed by atoms with E-state index in [9.17, 15) is 8.42 Å². The van der Waals surface area contributed by atoms with E-state index >= 15 is 0 Å². The molecule has 0 radical (unpaired) electrons. The average Bonchev–Trinajstić information content (AvgIpc) is 2.74. The molecule has 0 aliphatic carbocycles. The molecule has 2 heterocycles. The van der Waals surface area contributed by atoms with Crippen LogP contribution in [0.3, 0.4) is 0 Å². The molecular weight excluding hydrogens is 264 g/mol. The van der Waals surface area contributed by atoms with E-state index in [1.807, 2.05) is 6.92 Å². The molecular formula is C13H22N2O3S. The molecule has 19 heavy (non-hydrogen) atoms. The molecule has 0 spiro atoms. The topological polar surface area (TPSA) is 76.5 Å². The van der Waals surface area contributed by atoms with Crippen molar-refractivity contribution in [2.75, 3.05) is 6.54 Å². The molecule has 1 saturated heterocycles. The normalized spacial score (nSPS) is 25.7. The van der Waals surface area contributed by atoms with Gasteiger partial charge in [-0.1, -0.05) is 6.92 Å². The predicted molar refractivity (Wildman–Crippen MR) is 73.1 cm³/mol. The second kappa shape index (κ2) is 5.26. The number of furan rings is 1. The Labute approximate surface area is 114 Å².